The van der Waals surface area contributed by atoms with Crippen molar-refractivity contribution < 1.29 is 9.53 Å². The van der Waals surface area contributed by atoms with Gasteiger partial charge in [0.2, 0.25) is 0 Å². The van der Waals surface area contributed by atoms with Crippen LogP contribution in [0.3, 0.4) is 0 Å². The van der Waals surface area contributed by atoms with E-state index in [0.29, 0.717) is 52.6 Å². The number of nitrogens with zero attached hydrogens (tertiary/aromatic N) is 1. The molecule has 0 unspecified atom stereocenters. The average molecular weight is 432 g/mol. The van der Waals surface area contributed by atoms with E-state index < -0.39 is 0 Å². The van der Waals surface area contributed by atoms with Gasteiger partial charge in [0.25, 0.3) is 11.5 Å². The van der Waals surface area contributed by atoms with Crippen molar-refractivity contribution in [2.24, 2.45) is 0 Å². The lowest BCUT2D eigenvalue weighted by Gasteiger charge is -2.10. The number of hydrogen-bond donors (Lipinski definition) is 2. The van der Waals surface area contributed by atoms with E-state index in [9.17, 15) is 9.59 Å². The summed E-state index contributed by atoms with van der Waals surface area (Å²) >= 11 is 11.3. The Balaban J connectivity index is 1.81. The molecule has 0 atom stereocenters. The fourth-order valence-electron chi connectivity index (χ4n) is 2.93. The molecule has 0 saturated heterocycles. The first-order valence-corrected chi connectivity index (χ1v) is 10.2. The van der Waals surface area contributed by atoms with Gasteiger partial charge in [-0.2, -0.15) is 0 Å². The van der Waals surface area contributed by atoms with Gasteiger partial charge in [-0.15, -0.1) is 0 Å². The van der Waals surface area contributed by atoms with Crippen LogP contribution in [0.25, 0.3) is 10.9 Å². The normalized spacial score (nSPS) is 11.0. The van der Waals surface area contributed by atoms with Crippen molar-refractivity contribution in [3.8, 4) is 0 Å². The number of aromatic amines is 1. The minimum atomic E-state index is -0.206. The molecule has 29 heavy (non-hydrogen) atoms. The number of carbonyl (C=O) groups excluding carboxylic acids is 1. The Labute approximate surface area is 178 Å². The number of rotatable bonds is 8. The number of nitrogens with one attached hydrogen (secondary N) is 2. The van der Waals surface area contributed by atoms with E-state index >= 15 is 0 Å². The first kappa shape index (κ1) is 21.2. The van der Waals surface area contributed by atoms with Gasteiger partial charge in [0, 0.05) is 30.3 Å². The Morgan fingerprint density at radius 2 is 2.00 bits per heavy atom. The second kappa shape index (κ2) is 9.82. The molecule has 0 radical (unpaired) electrons. The van der Waals surface area contributed by atoms with E-state index in [-0.39, 0.29) is 11.5 Å². The van der Waals surface area contributed by atoms with Crippen LogP contribution in [0.1, 0.15) is 29.3 Å². The number of halogens is 1. The van der Waals surface area contributed by atoms with E-state index in [2.05, 4.69) is 10.3 Å². The van der Waals surface area contributed by atoms with E-state index in [1.54, 1.807) is 30.3 Å². The lowest BCUT2D eigenvalue weighted by Crippen LogP contribution is -2.26. The minimum Gasteiger partial charge on any atom is -0.382 e. The Bertz CT molecular complexity index is 1120. The molecule has 2 aromatic carbocycles. The predicted octanol–water partition coefficient (Wildman–Crippen LogP) is 3.92. The molecule has 2 N–H and O–H groups in total. The molecule has 6 nitrogen and oxygen atoms in total. The molecule has 0 bridgehead atoms. The van der Waals surface area contributed by atoms with Gasteiger partial charge in [0.05, 0.1) is 17.4 Å². The molecule has 0 fully saturated rings. The number of H-pyrrole nitrogens is 1. The maximum absolute atomic E-state index is 12.9. The monoisotopic (exact) mass is 431 g/mol. The summed E-state index contributed by atoms with van der Waals surface area (Å²) in [6, 6.07) is 12.2. The zero-order valence-electron chi connectivity index (χ0n) is 16.0. The lowest BCUT2D eigenvalue weighted by molar-refractivity contribution is 0.0944. The van der Waals surface area contributed by atoms with Gasteiger partial charge in [0.1, 0.15) is 0 Å². The fourth-order valence-corrected chi connectivity index (χ4v) is 3.32. The molecule has 3 rings (SSSR count). The average Bonchev–Trinajstić information content (AvgIpc) is 2.71. The zero-order chi connectivity index (χ0) is 20.8. The van der Waals surface area contributed by atoms with Crippen molar-refractivity contribution in [2.45, 2.75) is 19.9 Å². The molecule has 1 heterocycles. The van der Waals surface area contributed by atoms with E-state index in [4.69, 9.17) is 28.6 Å². The standard InChI is InChI=1S/C21H22ClN3O3S/c1-2-28-11-3-10-23-19(26)15-6-9-17-18(12-15)24-21(29)25(20(17)27)13-14-4-7-16(22)8-5-14/h4-9,12H,2-3,10-11,13H2,1H3,(H,23,26)(H,24,29). The number of carbonyl (C=O) groups is 1. The minimum absolute atomic E-state index is 0.201. The molecular weight excluding hydrogens is 410 g/mol. The van der Waals surface area contributed by atoms with Gasteiger partial charge in [-0.3, -0.25) is 14.2 Å². The lowest BCUT2D eigenvalue weighted by atomic mass is 10.1. The van der Waals surface area contributed by atoms with Crippen molar-refractivity contribution >= 4 is 40.6 Å². The first-order chi connectivity index (χ1) is 14.0. The third kappa shape index (κ3) is 5.32. The van der Waals surface area contributed by atoms with Gasteiger partial charge in [-0.1, -0.05) is 23.7 Å². The molecule has 8 heteroatoms. The van der Waals surface area contributed by atoms with Crippen molar-refractivity contribution in [3.05, 3.63) is 73.7 Å². The highest BCUT2D eigenvalue weighted by atomic mass is 35.5. The molecule has 0 spiro atoms. The Morgan fingerprint density at radius 3 is 2.72 bits per heavy atom. The van der Waals surface area contributed by atoms with Gasteiger partial charge in [-0.25, -0.2) is 0 Å². The maximum atomic E-state index is 12.9. The first-order valence-electron chi connectivity index (χ1n) is 9.37. The van der Waals surface area contributed by atoms with Crippen LogP contribution in [-0.4, -0.2) is 35.2 Å². The Kier molecular flexibility index (Phi) is 7.19. The molecule has 0 aliphatic carbocycles. The third-order valence-corrected chi connectivity index (χ3v) is 5.03. The molecular formula is C21H22ClN3O3S. The van der Waals surface area contributed by atoms with Crippen LogP contribution in [0.4, 0.5) is 0 Å². The summed E-state index contributed by atoms with van der Waals surface area (Å²) < 4.78 is 7.05. The third-order valence-electron chi connectivity index (χ3n) is 4.45. The largest absolute Gasteiger partial charge is 0.382 e. The van der Waals surface area contributed by atoms with Crippen molar-refractivity contribution in [3.63, 3.8) is 0 Å². The summed E-state index contributed by atoms with van der Waals surface area (Å²) in [6.07, 6.45) is 0.741. The number of fused-ring (bicyclic) bond motifs is 1. The highest BCUT2D eigenvalue weighted by Gasteiger charge is 2.10. The highest BCUT2D eigenvalue weighted by molar-refractivity contribution is 7.71. The number of ether oxygens (including phenoxy) is 1. The fraction of sp³-hybridized carbons (Fsp3) is 0.286. The smallest absolute Gasteiger partial charge is 0.262 e. The van der Waals surface area contributed by atoms with Gasteiger partial charge in [0.15, 0.2) is 4.77 Å². The van der Waals surface area contributed by atoms with E-state index in [1.807, 2.05) is 19.1 Å². The summed E-state index contributed by atoms with van der Waals surface area (Å²) in [6.45, 7) is 4.06. The van der Waals surface area contributed by atoms with Crippen LogP contribution in [0.2, 0.25) is 5.02 Å². The zero-order valence-corrected chi connectivity index (χ0v) is 17.6. The summed E-state index contributed by atoms with van der Waals surface area (Å²) in [4.78, 5) is 28.3. The van der Waals surface area contributed by atoms with Gasteiger partial charge in [-0.05, 0) is 61.5 Å². The van der Waals surface area contributed by atoms with E-state index in [0.717, 1.165) is 12.0 Å². The summed E-state index contributed by atoms with van der Waals surface area (Å²) in [5.41, 5.74) is 1.71. The topological polar surface area (TPSA) is 76.1 Å². The van der Waals surface area contributed by atoms with Crippen LogP contribution >= 0.6 is 23.8 Å². The second-order valence-corrected chi connectivity index (χ2v) is 7.34. The van der Waals surface area contributed by atoms with Crippen LogP contribution in [-0.2, 0) is 11.3 Å². The highest BCUT2D eigenvalue weighted by Crippen LogP contribution is 2.13. The molecule has 0 aliphatic heterocycles. The Morgan fingerprint density at radius 1 is 1.24 bits per heavy atom. The van der Waals surface area contributed by atoms with Crippen molar-refractivity contribution in [2.75, 3.05) is 19.8 Å². The van der Waals surface area contributed by atoms with Crippen LogP contribution < -0.4 is 10.9 Å². The summed E-state index contributed by atoms with van der Waals surface area (Å²) in [7, 11) is 0. The van der Waals surface area contributed by atoms with Crippen LogP contribution in [0, 0.1) is 4.77 Å². The van der Waals surface area contributed by atoms with Crippen molar-refractivity contribution in [1.29, 1.82) is 0 Å². The quantitative estimate of drug-likeness (QED) is 0.418. The van der Waals surface area contributed by atoms with Crippen LogP contribution in [0.15, 0.2) is 47.3 Å². The van der Waals surface area contributed by atoms with Crippen molar-refractivity contribution in [1.82, 2.24) is 14.9 Å². The number of aromatic nitrogens is 2. The molecule has 152 valence electrons. The number of benzene rings is 2. The predicted molar refractivity (Wildman–Crippen MR) is 117 cm³/mol. The molecule has 3 aromatic rings. The number of hydrogen-bond acceptors (Lipinski definition) is 4. The van der Waals surface area contributed by atoms with Crippen LogP contribution in [0.5, 0.6) is 0 Å². The van der Waals surface area contributed by atoms with Gasteiger partial charge >= 0.3 is 0 Å². The molecule has 1 aromatic heterocycles. The molecule has 0 saturated carbocycles. The molecule has 1 amide bonds. The van der Waals surface area contributed by atoms with E-state index in [1.165, 1.54) is 4.57 Å². The SMILES string of the molecule is CCOCCCNC(=O)c1ccc2c(=O)n(Cc3ccc(Cl)cc3)c(=S)[nH]c2c1. The maximum Gasteiger partial charge on any atom is 0.262 e. The number of amides is 1. The Hall–Kier alpha value is -2.48. The summed E-state index contributed by atoms with van der Waals surface area (Å²) in [5, 5.41) is 3.95. The second-order valence-electron chi connectivity index (χ2n) is 6.51. The summed E-state index contributed by atoms with van der Waals surface area (Å²) in [5.74, 6) is -0.201. The van der Waals surface area contributed by atoms with Gasteiger partial charge < -0.3 is 15.0 Å². The molecule has 0 aliphatic rings.